The minimum absolute atomic E-state index is 0.00167. The van der Waals surface area contributed by atoms with Crippen LogP contribution in [0.1, 0.15) is 22.3 Å². The van der Waals surface area contributed by atoms with Gasteiger partial charge in [0.1, 0.15) is 17.1 Å². The van der Waals surface area contributed by atoms with Crippen LogP contribution in [0.2, 0.25) is 0 Å². The number of carbonyl (C=O) groups is 3. The van der Waals surface area contributed by atoms with E-state index < -0.39 is 63.8 Å². The molecule has 0 heterocycles. The van der Waals surface area contributed by atoms with Crippen molar-refractivity contribution in [3.63, 3.8) is 0 Å². The van der Waals surface area contributed by atoms with Crippen LogP contribution >= 0.6 is 12.2 Å². The van der Waals surface area contributed by atoms with E-state index in [9.17, 15) is 39.7 Å². The molecular weight excluding hydrogens is 620 g/mol. The second kappa shape index (κ2) is 11.4. The maximum absolute atomic E-state index is 14.2. The van der Waals surface area contributed by atoms with Gasteiger partial charge in [-0.25, -0.2) is 5.21 Å². The number of allylic oxidation sites excluding steroid dienone is 1. The molecule has 0 spiro atoms. The van der Waals surface area contributed by atoms with Gasteiger partial charge in [-0.05, 0) is 68.8 Å². The van der Waals surface area contributed by atoms with Gasteiger partial charge in [0.25, 0.3) is 10.8 Å². The summed E-state index contributed by atoms with van der Waals surface area (Å²) in [5, 5.41) is 60.5. The zero-order valence-electron chi connectivity index (χ0n) is 25.2. The lowest BCUT2D eigenvalue weighted by atomic mass is 9.58. The number of ketones is 2. The number of aromatic hydroxyl groups is 1. The number of thiocarbonyl (C=S) groups is 1. The van der Waals surface area contributed by atoms with Gasteiger partial charge in [-0.15, -0.1) is 0 Å². The summed E-state index contributed by atoms with van der Waals surface area (Å²) in [7, 11) is 6.59. The van der Waals surface area contributed by atoms with Crippen molar-refractivity contribution >= 4 is 57.6 Å². The number of aliphatic hydroxyl groups is 3. The number of rotatable bonds is 6. The third kappa shape index (κ3) is 4.90. The molecule has 5 rings (SSSR count). The van der Waals surface area contributed by atoms with Gasteiger partial charge >= 0.3 is 5.69 Å². The smallest absolute Gasteiger partial charge is 0.316 e. The van der Waals surface area contributed by atoms with Crippen LogP contribution in [0.4, 0.5) is 22.7 Å². The van der Waals surface area contributed by atoms with Gasteiger partial charge in [-0.3, -0.25) is 19.3 Å². The SMILES string of the molecule is CN(C)c1cc(NC(=S)Nc2ccc([N+](=O)O)cc2)c(O)c2c1C[C@H]1C[C@H]3[C@H](N(C)C)C(O)=C(C(N)=O)C(=O)[C@@]3(O)C(O)=C1C2=O. The highest BCUT2D eigenvalue weighted by Gasteiger charge is 2.63. The molecule has 3 aliphatic rings. The molecule has 0 radical (unpaired) electrons. The number of aliphatic hydroxyl groups excluding tert-OH is 2. The summed E-state index contributed by atoms with van der Waals surface area (Å²) in [5.41, 5.74) is 2.75. The molecule has 0 aliphatic heterocycles. The summed E-state index contributed by atoms with van der Waals surface area (Å²) in [4.78, 5) is 53.9. The van der Waals surface area contributed by atoms with Crippen LogP contribution < -0.4 is 21.3 Å². The summed E-state index contributed by atoms with van der Waals surface area (Å²) >= 11 is 5.39. The lowest BCUT2D eigenvalue weighted by Crippen LogP contribution is -2.63. The van der Waals surface area contributed by atoms with Crippen molar-refractivity contribution in [3.8, 4) is 5.75 Å². The molecule has 0 unspecified atom stereocenters. The number of fused-ring (bicyclic) bond motifs is 3. The van der Waals surface area contributed by atoms with Gasteiger partial charge in [-0.1, -0.05) is 0 Å². The first-order valence-electron chi connectivity index (χ1n) is 14.1. The van der Waals surface area contributed by atoms with Crippen LogP contribution in [0.25, 0.3) is 0 Å². The van der Waals surface area contributed by atoms with Gasteiger partial charge in [0.05, 0.1) is 22.2 Å². The molecule has 242 valence electrons. The third-order valence-electron chi connectivity index (χ3n) is 8.78. The molecule has 0 bridgehead atoms. The zero-order valence-corrected chi connectivity index (χ0v) is 26.0. The molecule has 3 aliphatic carbocycles. The van der Waals surface area contributed by atoms with Gasteiger partial charge < -0.3 is 41.7 Å². The quantitative estimate of drug-likeness (QED) is 0.0962. The predicted molar refractivity (Wildman–Crippen MR) is 169 cm³/mol. The third-order valence-corrected chi connectivity index (χ3v) is 8.98. The fourth-order valence-electron chi connectivity index (χ4n) is 6.75. The number of nitrogens with one attached hydrogen (secondary N) is 2. The summed E-state index contributed by atoms with van der Waals surface area (Å²) in [6, 6.07) is 6.15. The van der Waals surface area contributed by atoms with Crippen molar-refractivity contribution < 1.29 is 44.9 Å². The van der Waals surface area contributed by atoms with Gasteiger partial charge in [0.2, 0.25) is 5.78 Å². The molecule has 0 fully saturated rings. The number of hydrogen-bond acceptors (Lipinski definition) is 11. The second-order valence-electron chi connectivity index (χ2n) is 11.9. The maximum atomic E-state index is 14.2. The number of phenols is 1. The summed E-state index contributed by atoms with van der Waals surface area (Å²) in [6.07, 6.45) is 0.0824. The van der Waals surface area contributed by atoms with Crippen molar-refractivity contribution in [1.29, 1.82) is 0 Å². The zero-order chi connectivity index (χ0) is 34.0. The Bertz CT molecular complexity index is 1790. The molecule has 2 aromatic rings. The van der Waals surface area contributed by atoms with Crippen molar-refractivity contribution in [3.05, 3.63) is 69.0 Å². The molecule has 0 saturated carbocycles. The van der Waals surface area contributed by atoms with E-state index in [1.165, 1.54) is 29.2 Å². The van der Waals surface area contributed by atoms with Crippen molar-refractivity contribution in [2.24, 2.45) is 17.6 Å². The van der Waals surface area contributed by atoms with E-state index in [2.05, 4.69) is 10.6 Å². The molecule has 1 amide bonds. The monoisotopic (exact) mass is 653 g/mol. The number of hydrogen-bond donors (Lipinski definition) is 8. The lowest BCUT2D eigenvalue weighted by molar-refractivity contribution is -0.729. The number of nitrogens with zero attached hydrogens (tertiary/aromatic N) is 3. The van der Waals surface area contributed by atoms with Crippen molar-refractivity contribution in [2.75, 3.05) is 43.7 Å². The number of phenolic OH excluding ortho intramolecular Hbond substituents is 1. The number of amides is 1. The molecular formula is C30H33N6O9S+. The Morgan fingerprint density at radius 2 is 1.72 bits per heavy atom. The lowest BCUT2D eigenvalue weighted by Gasteiger charge is -2.50. The Hall–Kier alpha value is -5.06. The van der Waals surface area contributed by atoms with Crippen LogP contribution in [0, 0.1) is 16.7 Å². The van der Waals surface area contributed by atoms with E-state index in [-0.39, 0.29) is 45.4 Å². The minimum atomic E-state index is -2.75. The Balaban J connectivity index is 1.58. The average molecular weight is 654 g/mol. The number of carbonyl (C=O) groups excluding carboxylic acids is 3. The molecule has 0 saturated heterocycles. The Labute approximate surface area is 267 Å². The highest BCUT2D eigenvalue weighted by Crippen LogP contribution is 2.54. The van der Waals surface area contributed by atoms with Gasteiger partial charge in [0, 0.05) is 49.1 Å². The summed E-state index contributed by atoms with van der Waals surface area (Å²) < 4.78 is 0. The van der Waals surface area contributed by atoms with Crippen LogP contribution in [0.3, 0.4) is 0 Å². The minimum Gasteiger partial charge on any atom is -0.510 e. The second-order valence-corrected chi connectivity index (χ2v) is 12.3. The highest BCUT2D eigenvalue weighted by molar-refractivity contribution is 7.80. The molecule has 16 heteroatoms. The van der Waals surface area contributed by atoms with E-state index in [1.807, 2.05) is 0 Å². The number of benzene rings is 2. The van der Waals surface area contributed by atoms with Crippen molar-refractivity contribution in [1.82, 2.24) is 4.90 Å². The number of primary amides is 1. The first kappa shape index (κ1) is 32.3. The van der Waals surface area contributed by atoms with E-state index in [0.29, 0.717) is 16.9 Å². The van der Waals surface area contributed by atoms with Crippen LogP contribution in [-0.4, -0.2) is 97.9 Å². The summed E-state index contributed by atoms with van der Waals surface area (Å²) in [5.74, 6) is -7.42. The number of likely N-dealkylation sites (N-methyl/N-ethyl adjacent to an activating group) is 1. The van der Waals surface area contributed by atoms with E-state index in [4.69, 9.17) is 23.2 Å². The standard InChI is InChI=1S/C30H32N6O9S/c1-34(2)18-11-17(33-29(46)32-13-5-7-14(8-6-13)36(44)45)23(37)20-15(18)9-12-10-16-22(35(3)4)25(39)21(28(31)42)27(41)30(16,43)26(40)19(12)24(20)38/h5-8,11-12,16,22,43H,9-10H2,1-4H3,(H7-,31,32,33,37,38,39,40,41,42,44,45,46)/p+1/t12-,16-,22-,30-/m0/s1. The number of nitrogens with two attached hydrogens (primary N) is 1. The van der Waals surface area contributed by atoms with E-state index in [1.54, 1.807) is 39.2 Å². The van der Waals surface area contributed by atoms with Crippen LogP contribution in [0.5, 0.6) is 5.75 Å². The Morgan fingerprint density at radius 3 is 2.26 bits per heavy atom. The highest BCUT2D eigenvalue weighted by atomic mass is 32.1. The Morgan fingerprint density at radius 1 is 1.09 bits per heavy atom. The summed E-state index contributed by atoms with van der Waals surface area (Å²) in [6.45, 7) is 0. The topological polar surface area (TPSA) is 229 Å². The van der Waals surface area contributed by atoms with Gasteiger partial charge in [-0.2, -0.15) is 0 Å². The maximum Gasteiger partial charge on any atom is 0.316 e. The molecule has 15 nitrogen and oxygen atoms in total. The number of Topliss-reactive ketones (excluding diaryl/α,β-unsaturated/α-hetero) is 2. The molecule has 9 N–H and O–H groups in total. The molecule has 46 heavy (non-hydrogen) atoms. The van der Waals surface area contributed by atoms with Crippen LogP contribution in [-0.2, 0) is 16.0 Å². The van der Waals surface area contributed by atoms with E-state index >= 15 is 0 Å². The van der Waals surface area contributed by atoms with E-state index in [0.717, 1.165) is 0 Å². The first-order valence-corrected chi connectivity index (χ1v) is 14.5. The first-order chi connectivity index (χ1) is 21.5. The number of anilines is 3. The van der Waals surface area contributed by atoms with Gasteiger partial charge in [0.15, 0.2) is 22.2 Å². The van der Waals surface area contributed by atoms with Crippen molar-refractivity contribution in [2.45, 2.75) is 24.5 Å². The molecule has 0 aromatic heterocycles. The normalized spacial score (nSPS) is 23.8. The average Bonchev–Trinajstić information content (AvgIpc) is 2.96. The fourth-order valence-corrected chi connectivity index (χ4v) is 6.98. The molecule has 4 atom stereocenters. The Kier molecular flexibility index (Phi) is 8.00. The predicted octanol–water partition coefficient (Wildman–Crippen LogP) is 1.80. The van der Waals surface area contributed by atoms with Crippen LogP contribution in [0.15, 0.2) is 53.0 Å². The fraction of sp³-hybridized carbons (Fsp3) is 0.333. The largest absolute Gasteiger partial charge is 0.510 e. The molecule has 2 aromatic carbocycles.